The number of aliphatic hydroxyl groups excluding tert-OH is 2. The van der Waals surface area contributed by atoms with Crippen LogP contribution >= 0.6 is 0 Å². The first-order chi connectivity index (χ1) is 19.3. The Balaban J connectivity index is 1.64. The SMILES string of the molecule is CN(C)c1cc(CNC2C=CC=NC2)c(O)c2c1C[C@H]1C[C@H]3C(N(C)C)C(O)=C(C(N)=O)C(=O)[C@@]3(O)C(O)=C1C2=O. The highest BCUT2D eigenvalue weighted by Gasteiger charge is 2.63. The number of hydrogen-bond acceptors (Lipinski definition) is 11. The summed E-state index contributed by atoms with van der Waals surface area (Å²) in [6.45, 7) is 0.760. The van der Waals surface area contributed by atoms with E-state index in [4.69, 9.17) is 5.73 Å². The zero-order valence-electron chi connectivity index (χ0n) is 23.4. The summed E-state index contributed by atoms with van der Waals surface area (Å²) in [6, 6.07) is 0.729. The molecule has 4 aliphatic rings. The fraction of sp³-hybridized carbons (Fsp3) is 0.448. The number of carbonyl (C=O) groups excluding carboxylic acids is 3. The van der Waals surface area contributed by atoms with E-state index in [1.807, 2.05) is 37.2 Å². The van der Waals surface area contributed by atoms with Gasteiger partial charge in [0.1, 0.15) is 22.8 Å². The van der Waals surface area contributed by atoms with E-state index in [9.17, 15) is 34.8 Å². The van der Waals surface area contributed by atoms with Gasteiger partial charge in [0.15, 0.2) is 11.4 Å². The molecule has 0 saturated heterocycles. The minimum atomic E-state index is -2.67. The summed E-state index contributed by atoms with van der Waals surface area (Å²) in [6.07, 6.45) is 5.74. The number of rotatable bonds is 6. The van der Waals surface area contributed by atoms with Crippen LogP contribution in [0, 0.1) is 11.8 Å². The number of primary amides is 1. The Labute approximate surface area is 237 Å². The van der Waals surface area contributed by atoms with Crippen molar-refractivity contribution in [2.24, 2.45) is 22.6 Å². The van der Waals surface area contributed by atoms with Crippen LogP contribution in [0.5, 0.6) is 5.75 Å². The van der Waals surface area contributed by atoms with Gasteiger partial charge in [0.05, 0.1) is 18.2 Å². The third kappa shape index (κ3) is 4.25. The van der Waals surface area contributed by atoms with Crippen molar-refractivity contribution in [1.29, 1.82) is 0 Å². The van der Waals surface area contributed by atoms with Gasteiger partial charge < -0.3 is 36.4 Å². The number of ketones is 2. The highest BCUT2D eigenvalue weighted by atomic mass is 16.3. The quantitative estimate of drug-likeness (QED) is 0.262. The Kier molecular flexibility index (Phi) is 7.04. The zero-order chi connectivity index (χ0) is 30.0. The van der Waals surface area contributed by atoms with Gasteiger partial charge in [0.2, 0.25) is 5.78 Å². The highest BCUT2D eigenvalue weighted by Crippen LogP contribution is 2.53. The first kappa shape index (κ1) is 28.5. The first-order valence-electron chi connectivity index (χ1n) is 13.4. The first-order valence-corrected chi connectivity index (χ1v) is 13.4. The lowest BCUT2D eigenvalue weighted by Crippen LogP contribution is -2.63. The molecular formula is C29H35N5O7. The maximum absolute atomic E-state index is 14.1. The number of phenolic OH excluding ortho intramolecular Hbond substituents is 1. The molecule has 5 rings (SSSR count). The average Bonchev–Trinajstić information content (AvgIpc) is 2.90. The Morgan fingerprint density at radius 3 is 2.49 bits per heavy atom. The molecule has 1 aromatic carbocycles. The van der Waals surface area contributed by atoms with Gasteiger partial charge in [0.25, 0.3) is 5.91 Å². The van der Waals surface area contributed by atoms with Gasteiger partial charge in [-0.3, -0.25) is 24.3 Å². The van der Waals surface area contributed by atoms with Crippen molar-refractivity contribution in [2.75, 3.05) is 39.6 Å². The van der Waals surface area contributed by atoms with Gasteiger partial charge in [-0.25, -0.2) is 0 Å². The van der Waals surface area contributed by atoms with Crippen LogP contribution in [-0.2, 0) is 22.6 Å². The standard InChI is InChI=1S/C29H35N5O7/c1-33(2)18-10-14(11-32-15-6-5-7-31-12-15)23(35)20-16(18)8-13-9-17-22(34(3)4)25(37)21(28(30)40)27(39)29(17,41)26(38)19(13)24(20)36/h5-7,10,13,15,17,22,32,35,37-38,41H,8-9,11-12H2,1-4H3,(H2,30,40)/t13-,15?,17-,22?,29-/m0/s1. The van der Waals surface area contributed by atoms with Crippen LogP contribution in [0.3, 0.4) is 0 Å². The number of nitrogens with zero attached hydrogens (tertiary/aromatic N) is 3. The van der Waals surface area contributed by atoms with Crippen LogP contribution in [-0.4, -0.2) is 101 Å². The summed E-state index contributed by atoms with van der Waals surface area (Å²) in [5, 5.41) is 48.9. The number of aliphatic hydroxyl groups is 3. The largest absolute Gasteiger partial charge is 0.510 e. The van der Waals surface area contributed by atoms with Gasteiger partial charge in [0, 0.05) is 55.6 Å². The number of nitrogens with two attached hydrogens (primary N) is 1. The molecule has 12 heteroatoms. The summed E-state index contributed by atoms with van der Waals surface area (Å²) in [5.74, 6) is -6.65. The zero-order valence-corrected chi connectivity index (χ0v) is 23.4. The number of aliphatic imine (C=N–C) groups is 1. The second kappa shape index (κ2) is 10.1. The van der Waals surface area contributed by atoms with Gasteiger partial charge in [-0.2, -0.15) is 0 Å². The van der Waals surface area contributed by atoms with E-state index in [2.05, 4.69) is 10.3 Å². The number of fused-ring (bicyclic) bond motifs is 3. The third-order valence-electron chi connectivity index (χ3n) is 8.65. The smallest absolute Gasteiger partial charge is 0.255 e. The molecule has 0 bridgehead atoms. The van der Waals surface area contributed by atoms with Crippen molar-refractivity contribution in [2.45, 2.75) is 37.1 Å². The number of nitrogens with one attached hydrogen (secondary N) is 1. The minimum Gasteiger partial charge on any atom is -0.510 e. The summed E-state index contributed by atoms with van der Waals surface area (Å²) in [7, 11) is 6.85. The maximum atomic E-state index is 14.1. The molecule has 0 saturated carbocycles. The number of carbonyl (C=O) groups is 3. The number of aromatic hydroxyl groups is 1. The normalized spacial score (nSPS) is 29.0. The van der Waals surface area contributed by atoms with Gasteiger partial charge in [-0.05, 0) is 50.6 Å². The van der Waals surface area contributed by atoms with E-state index < -0.39 is 58.0 Å². The van der Waals surface area contributed by atoms with Crippen molar-refractivity contribution in [3.63, 3.8) is 0 Å². The Morgan fingerprint density at radius 1 is 1.20 bits per heavy atom. The number of anilines is 1. The van der Waals surface area contributed by atoms with Crippen LogP contribution in [0.25, 0.3) is 0 Å². The van der Waals surface area contributed by atoms with E-state index in [0.29, 0.717) is 23.4 Å². The highest BCUT2D eigenvalue weighted by molar-refractivity contribution is 6.25. The summed E-state index contributed by atoms with van der Waals surface area (Å²) in [5.41, 5.74) is 3.46. The molecule has 0 spiro atoms. The molecule has 1 aromatic rings. The number of hydrogen-bond donors (Lipinski definition) is 6. The van der Waals surface area contributed by atoms with E-state index >= 15 is 0 Å². The van der Waals surface area contributed by atoms with E-state index in [1.165, 1.54) is 4.90 Å². The third-order valence-corrected chi connectivity index (χ3v) is 8.65. The molecule has 41 heavy (non-hydrogen) atoms. The van der Waals surface area contributed by atoms with Crippen molar-refractivity contribution in [3.8, 4) is 5.75 Å². The molecule has 1 heterocycles. The van der Waals surface area contributed by atoms with Crippen molar-refractivity contribution in [1.82, 2.24) is 10.2 Å². The maximum Gasteiger partial charge on any atom is 0.255 e. The molecule has 1 aliphatic heterocycles. The Hall–Kier alpha value is -4.00. The fourth-order valence-electron chi connectivity index (χ4n) is 6.74. The molecular weight excluding hydrogens is 530 g/mol. The Bertz CT molecular complexity index is 1470. The molecule has 3 aliphatic carbocycles. The second-order valence-electron chi connectivity index (χ2n) is 11.5. The van der Waals surface area contributed by atoms with Crippen LogP contribution in [0.15, 0.2) is 45.9 Å². The van der Waals surface area contributed by atoms with Gasteiger partial charge in [-0.1, -0.05) is 6.08 Å². The summed E-state index contributed by atoms with van der Waals surface area (Å²) in [4.78, 5) is 47.3. The lowest BCUT2D eigenvalue weighted by Gasteiger charge is -2.50. The summed E-state index contributed by atoms with van der Waals surface area (Å²) >= 11 is 0. The number of dihydropyridines is 1. The van der Waals surface area contributed by atoms with Crippen LogP contribution in [0.1, 0.15) is 27.9 Å². The molecule has 0 radical (unpaired) electrons. The van der Waals surface area contributed by atoms with E-state index in [0.717, 1.165) is 0 Å². The minimum absolute atomic E-state index is 0.00834. The molecule has 1 amide bonds. The Morgan fingerprint density at radius 2 is 1.90 bits per heavy atom. The lowest BCUT2D eigenvalue weighted by atomic mass is 9.58. The number of benzene rings is 1. The molecule has 0 fully saturated rings. The van der Waals surface area contributed by atoms with Crippen LogP contribution in [0.2, 0.25) is 0 Å². The predicted octanol–water partition coefficient (Wildman–Crippen LogP) is 0.285. The fourth-order valence-corrected chi connectivity index (χ4v) is 6.74. The van der Waals surface area contributed by atoms with E-state index in [1.54, 1.807) is 20.3 Å². The number of likely N-dealkylation sites (N-methyl/N-ethyl adjacent to an activating group) is 1. The van der Waals surface area contributed by atoms with Crippen LogP contribution < -0.4 is 16.0 Å². The molecule has 218 valence electrons. The van der Waals surface area contributed by atoms with Crippen molar-refractivity contribution in [3.05, 3.63) is 57.6 Å². The van der Waals surface area contributed by atoms with E-state index in [-0.39, 0.29) is 42.3 Å². The van der Waals surface area contributed by atoms with Gasteiger partial charge >= 0.3 is 0 Å². The van der Waals surface area contributed by atoms with Crippen molar-refractivity contribution >= 4 is 29.4 Å². The molecule has 2 unspecified atom stereocenters. The second-order valence-corrected chi connectivity index (χ2v) is 11.5. The molecule has 0 aromatic heterocycles. The topological polar surface area (TPSA) is 189 Å². The number of Topliss-reactive ketones (excluding diaryl/α,β-unsaturated/α-hetero) is 2. The number of phenols is 1. The van der Waals surface area contributed by atoms with Gasteiger partial charge in [-0.15, -0.1) is 0 Å². The molecule has 7 N–H and O–H groups in total. The lowest BCUT2D eigenvalue weighted by molar-refractivity contribution is -0.148. The number of allylic oxidation sites excluding steroid dienone is 2. The number of amides is 1. The van der Waals surface area contributed by atoms with Crippen LogP contribution in [0.4, 0.5) is 5.69 Å². The summed E-state index contributed by atoms with van der Waals surface area (Å²) < 4.78 is 0. The molecule has 12 nitrogen and oxygen atoms in total. The monoisotopic (exact) mass is 565 g/mol. The van der Waals surface area contributed by atoms with Crippen molar-refractivity contribution < 1.29 is 34.8 Å². The molecule has 5 atom stereocenters. The average molecular weight is 566 g/mol. The predicted molar refractivity (Wildman–Crippen MR) is 151 cm³/mol.